The number of esters is 1. The average Bonchev–Trinajstić information content (AvgIpc) is 3.60. The Kier molecular flexibility index (Phi) is 9.04. The van der Waals surface area contributed by atoms with Crippen LogP contribution in [0.15, 0.2) is 155 Å². The zero-order chi connectivity index (χ0) is 36.6. The summed E-state index contributed by atoms with van der Waals surface area (Å²) in [5.41, 5.74) is 11.8. The molecule has 53 heavy (non-hydrogen) atoms. The molecule has 0 atom stereocenters. The number of benzene rings is 4. The highest BCUT2D eigenvalue weighted by Crippen LogP contribution is 2.54. The summed E-state index contributed by atoms with van der Waals surface area (Å²) in [7, 11) is 2.17. The van der Waals surface area contributed by atoms with Crippen molar-refractivity contribution in [2.45, 2.75) is 32.7 Å². The fraction of sp³-hybridized carbons (Fsp3) is 0.273. The van der Waals surface area contributed by atoms with Crippen LogP contribution in [-0.4, -0.2) is 61.7 Å². The van der Waals surface area contributed by atoms with Crippen LogP contribution in [0.25, 0.3) is 0 Å². The molecule has 8 rings (SSSR count). The number of allylic oxidation sites excluding steroid dienone is 2. The van der Waals surface area contributed by atoms with Crippen molar-refractivity contribution in [3.05, 3.63) is 166 Å². The minimum absolute atomic E-state index is 0.253. The smallest absolute Gasteiger partial charge is 0.356 e. The van der Waals surface area contributed by atoms with Crippen molar-refractivity contribution in [3.8, 4) is 0 Å². The molecular formula is C44H47N7O2. The summed E-state index contributed by atoms with van der Waals surface area (Å²) in [6.45, 7) is 10.7. The van der Waals surface area contributed by atoms with Crippen molar-refractivity contribution >= 4 is 23.3 Å². The van der Waals surface area contributed by atoms with E-state index >= 15 is 0 Å². The summed E-state index contributed by atoms with van der Waals surface area (Å²) in [5, 5.41) is 9.21. The molecule has 1 aliphatic carbocycles. The molecule has 270 valence electrons. The summed E-state index contributed by atoms with van der Waals surface area (Å²) in [5.74, 6) is 0.238. The van der Waals surface area contributed by atoms with E-state index in [4.69, 9.17) is 9.73 Å². The maximum Gasteiger partial charge on any atom is 0.356 e. The number of carbonyl (C=O) groups is 1. The van der Waals surface area contributed by atoms with Gasteiger partial charge in [0.05, 0.1) is 18.0 Å². The van der Waals surface area contributed by atoms with E-state index in [0.717, 1.165) is 71.1 Å². The zero-order valence-electron chi connectivity index (χ0n) is 30.9. The van der Waals surface area contributed by atoms with Crippen molar-refractivity contribution in [3.63, 3.8) is 0 Å². The second-order valence-corrected chi connectivity index (χ2v) is 14.7. The Morgan fingerprint density at radius 3 is 1.92 bits per heavy atom. The van der Waals surface area contributed by atoms with Crippen molar-refractivity contribution in [2.24, 2.45) is 10.4 Å². The predicted molar refractivity (Wildman–Crippen MR) is 212 cm³/mol. The predicted octanol–water partition coefficient (Wildman–Crippen LogP) is 6.96. The lowest BCUT2D eigenvalue weighted by molar-refractivity contribution is -0.141. The van der Waals surface area contributed by atoms with E-state index in [1.165, 1.54) is 5.69 Å². The van der Waals surface area contributed by atoms with E-state index in [1.807, 2.05) is 31.3 Å². The molecule has 0 unspecified atom stereocenters. The van der Waals surface area contributed by atoms with Crippen LogP contribution in [0.1, 0.15) is 43.9 Å². The molecule has 4 aromatic carbocycles. The van der Waals surface area contributed by atoms with Crippen LogP contribution in [0.3, 0.4) is 0 Å². The maximum atomic E-state index is 14.5. The number of guanidine groups is 1. The van der Waals surface area contributed by atoms with E-state index in [-0.39, 0.29) is 12.6 Å². The van der Waals surface area contributed by atoms with Crippen LogP contribution in [-0.2, 0) is 15.1 Å². The third-order valence-corrected chi connectivity index (χ3v) is 10.8. The molecule has 0 radical (unpaired) electrons. The number of nitrogens with zero attached hydrogens (tertiary/aromatic N) is 4. The van der Waals surface area contributed by atoms with Gasteiger partial charge in [0.25, 0.3) is 0 Å². The van der Waals surface area contributed by atoms with Crippen LogP contribution in [0.5, 0.6) is 0 Å². The molecule has 1 saturated heterocycles. The third kappa shape index (κ3) is 6.14. The lowest BCUT2D eigenvalue weighted by Gasteiger charge is -2.45. The van der Waals surface area contributed by atoms with Gasteiger partial charge in [-0.3, -0.25) is 10.4 Å². The maximum absolute atomic E-state index is 14.5. The van der Waals surface area contributed by atoms with Crippen molar-refractivity contribution in [2.75, 3.05) is 50.1 Å². The standard InChI is InChI=1S/C44H47N7O2/c1-5-53-41(52)40-37-39(48-51(40)44(32-15-9-6-10-16-32,33-17-11-7-12-18-33)34-19-13-8-14-20-34)38-31(29-43(37,2)3)30-45-42(47-38)46-35-21-23-36(24-22-35)50-27-25-49(4)26-28-50/h6-24,30,48H,5,25-29H2,1-4H3,(H2,45,46,47). The van der Waals surface area contributed by atoms with Crippen LogP contribution >= 0.6 is 0 Å². The molecule has 4 aromatic rings. The van der Waals surface area contributed by atoms with Gasteiger partial charge < -0.3 is 25.2 Å². The Hall–Kier alpha value is -5.80. The number of aliphatic imine (C=N–C) groups is 1. The molecule has 0 aromatic heterocycles. The largest absolute Gasteiger partial charge is 0.461 e. The topological polar surface area (TPSA) is 84.5 Å². The quantitative estimate of drug-likeness (QED) is 0.134. The zero-order valence-corrected chi connectivity index (χ0v) is 30.9. The van der Waals surface area contributed by atoms with Gasteiger partial charge in [-0.1, -0.05) is 105 Å². The number of hydrogen-bond acceptors (Lipinski definition) is 9. The molecular weight excluding hydrogens is 659 g/mol. The molecule has 3 heterocycles. The van der Waals surface area contributed by atoms with Crippen molar-refractivity contribution in [1.29, 1.82) is 0 Å². The molecule has 0 amide bonds. The molecule has 4 aliphatic rings. The van der Waals surface area contributed by atoms with E-state index in [2.05, 4.69) is 149 Å². The number of carbonyl (C=O) groups excluding carboxylic acids is 1. The molecule has 0 spiro atoms. The fourth-order valence-corrected chi connectivity index (χ4v) is 8.24. The first-order chi connectivity index (χ1) is 25.8. The van der Waals surface area contributed by atoms with Gasteiger partial charge in [0.2, 0.25) is 5.96 Å². The van der Waals surface area contributed by atoms with Crippen LogP contribution in [0.4, 0.5) is 11.4 Å². The Labute approximate surface area is 312 Å². The van der Waals surface area contributed by atoms with Gasteiger partial charge in [0, 0.05) is 49.3 Å². The molecule has 3 aliphatic heterocycles. The van der Waals surface area contributed by atoms with Gasteiger partial charge in [0.15, 0.2) is 5.70 Å². The third-order valence-electron chi connectivity index (χ3n) is 10.8. The van der Waals surface area contributed by atoms with Gasteiger partial charge in [-0.05, 0) is 72.3 Å². The van der Waals surface area contributed by atoms with Crippen LogP contribution in [0.2, 0.25) is 0 Å². The summed E-state index contributed by atoms with van der Waals surface area (Å²) >= 11 is 0. The SMILES string of the molecule is CCOC(=O)C1=C2C(=C3NC(Nc4ccc(N5CCN(C)CC5)cc4)=NC=C3CC2(C)C)NN1C(c1ccccc1)(c1ccccc1)c1ccccc1. The lowest BCUT2D eigenvalue weighted by atomic mass is 9.71. The second-order valence-electron chi connectivity index (χ2n) is 14.7. The van der Waals surface area contributed by atoms with Gasteiger partial charge in [0.1, 0.15) is 5.54 Å². The Balaban J connectivity index is 1.24. The van der Waals surface area contributed by atoms with E-state index < -0.39 is 11.0 Å². The number of ether oxygens (including phenoxy) is 1. The molecule has 0 bridgehead atoms. The summed E-state index contributed by atoms with van der Waals surface area (Å²) in [6.07, 6.45) is 2.63. The number of nitrogens with one attached hydrogen (secondary N) is 3. The lowest BCUT2D eigenvalue weighted by Crippen LogP contribution is -2.53. The van der Waals surface area contributed by atoms with Crippen molar-refractivity contribution in [1.82, 2.24) is 20.7 Å². The Morgan fingerprint density at radius 1 is 0.811 bits per heavy atom. The Bertz CT molecular complexity index is 2000. The first-order valence-electron chi connectivity index (χ1n) is 18.5. The molecule has 9 nitrogen and oxygen atoms in total. The number of hydrazine groups is 1. The second kappa shape index (κ2) is 14.0. The number of rotatable bonds is 8. The fourth-order valence-electron chi connectivity index (χ4n) is 8.24. The molecule has 0 saturated carbocycles. The number of likely N-dealkylation sites (N-methyl/N-ethyl adjacent to an activating group) is 1. The first kappa shape index (κ1) is 34.3. The average molecular weight is 706 g/mol. The van der Waals surface area contributed by atoms with Crippen LogP contribution in [0, 0.1) is 5.41 Å². The van der Waals surface area contributed by atoms with Gasteiger partial charge >= 0.3 is 5.97 Å². The number of anilines is 2. The highest BCUT2D eigenvalue weighted by atomic mass is 16.5. The normalized spacial score (nSPS) is 18.3. The van der Waals surface area contributed by atoms with Crippen LogP contribution < -0.4 is 21.0 Å². The van der Waals surface area contributed by atoms with Gasteiger partial charge in [-0.25, -0.2) is 9.79 Å². The van der Waals surface area contributed by atoms with Gasteiger partial charge in [-0.2, -0.15) is 0 Å². The summed E-state index contributed by atoms with van der Waals surface area (Å²) < 4.78 is 5.92. The van der Waals surface area contributed by atoms with E-state index in [9.17, 15) is 4.79 Å². The summed E-state index contributed by atoms with van der Waals surface area (Å²) in [4.78, 5) is 24.1. The molecule has 1 fully saturated rings. The molecule has 3 N–H and O–H groups in total. The summed E-state index contributed by atoms with van der Waals surface area (Å²) in [6, 6.07) is 39.7. The number of fused-ring (bicyclic) bond motifs is 2. The minimum Gasteiger partial charge on any atom is -0.461 e. The van der Waals surface area contributed by atoms with E-state index in [1.54, 1.807) is 0 Å². The highest BCUT2D eigenvalue weighted by molar-refractivity contribution is 5.98. The van der Waals surface area contributed by atoms with E-state index in [0.29, 0.717) is 18.1 Å². The minimum atomic E-state index is -0.959. The number of piperazine rings is 1. The van der Waals surface area contributed by atoms with Gasteiger partial charge in [-0.15, -0.1) is 0 Å². The molecule has 9 heteroatoms. The Morgan fingerprint density at radius 2 is 1.38 bits per heavy atom. The number of hydrogen-bond donors (Lipinski definition) is 3. The first-order valence-corrected chi connectivity index (χ1v) is 18.5. The monoisotopic (exact) mass is 705 g/mol. The highest BCUT2D eigenvalue weighted by Gasteiger charge is 2.54. The van der Waals surface area contributed by atoms with Crippen molar-refractivity contribution < 1.29 is 9.53 Å².